The Morgan fingerprint density at radius 1 is 1.39 bits per heavy atom. The Morgan fingerprint density at radius 3 is 2.67 bits per heavy atom. The van der Waals surface area contributed by atoms with E-state index in [0.29, 0.717) is 0 Å². The van der Waals surface area contributed by atoms with Gasteiger partial charge in [0, 0.05) is 21.1 Å². The summed E-state index contributed by atoms with van der Waals surface area (Å²) in [5.74, 6) is 0.104. The van der Waals surface area contributed by atoms with E-state index in [1.165, 1.54) is 11.8 Å². The lowest BCUT2D eigenvalue weighted by Crippen LogP contribution is -2.29. The Bertz CT molecular complexity index is 577. The van der Waals surface area contributed by atoms with Crippen LogP contribution in [0.15, 0.2) is 29.4 Å². The van der Waals surface area contributed by atoms with Crippen molar-refractivity contribution in [3.05, 3.63) is 24.3 Å². The number of amides is 1. The first-order chi connectivity index (χ1) is 8.50. The van der Waals surface area contributed by atoms with Gasteiger partial charge in [-0.15, -0.1) is 0 Å². The Morgan fingerprint density at radius 2 is 2.06 bits per heavy atom. The average Bonchev–Trinajstić information content (AvgIpc) is 2.66. The maximum Gasteiger partial charge on any atom is 0.235 e. The van der Waals surface area contributed by atoms with Crippen LogP contribution in [0.4, 0.5) is 0 Å². The zero-order chi connectivity index (χ0) is 13.3. The highest BCUT2D eigenvalue weighted by atomic mass is 32.2. The van der Waals surface area contributed by atoms with Crippen molar-refractivity contribution in [2.75, 3.05) is 14.1 Å². The Hall–Kier alpha value is -1.49. The predicted molar refractivity (Wildman–Crippen MR) is 74.7 cm³/mol. The van der Waals surface area contributed by atoms with E-state index in [-0.39, 0.29) is 11.2 Å². The van der Waals surface area contributed by atoms with Crippen molar-refractivity contribution in [2.45, 2.75) is 17.3 Å². The minimum Gasteiger partial charge on any atom is -0.348 e. The maximum absolute atomic E-state index is 11.8. The number of nitrogens with zero attached hydrogens (tertiary/aromatic N) is 3. The van der Waals surface area contributed by atoms with Gasteiger partial charge >= 0.3 is 0 Å². The molecule has 0 saturated carbocycles. The summed E-state index contributed by atoms with van der Waals surface area (Å²) in [4.78, 5) is 18.0. The highest BCUT2D eigenvalue weighted by Crippen LogP contribution is 2.26. The van der Waals surface area contributed by atoms with Gasteiger partial charge in [0.25, 0.3) is 0 Å². The minimum atomic E-state index is -0.129. The molecule has 4 nitrogen and oxygen atoms in total. The molecule has 0 bridgehead atoms. The number of hydrogen-bond acceptors (Lipinski definition) is 3. The fraction of sp³-hybridized carbons (Fsp3) is 0.385. The molecule has 0 N–H and O–H groups in total. The number of fused-ring (bicyclic) bond motifs is 1. The largest absolute Gasteiger partial charge is 0.348 e. The fourth-order valence-corrected chi connectivity index (χ4v) is 2.84. The van der Waals surface area contributed by atoms with Crippen LogP contribution in [-0.4, -0.2) is 39.7 Å². The summed E-state index contributed by atoms with van der Waals surface area (Å²) < 4.78 is 2.03. The lowest BCUT2D eigenvalue weighted by Gasteiger charge is -2.15. The van der Waals surface area contributed by atoms with E-state index in [4.69, 9.17) is 0 Å². The van der Waals surface area contributed by atoms with Crippen LogP contribution in [0.25, 0.3) is 11.0 Å². The molecule has 0 aliphatic carbocycles. The summed E-state index contributed by atoms with van der Waals surface area (Å²) in [6.45, 7) is 1.91. The van der Waals surface area contributed by atoms with E-state index >= 15 is 0 Å². The Labute approximate surface area is 111 Å². The van der Waals surface area contributed by atoms with E-state index < -0.39 is 0 Å². The number of carbonyl (C=O) groups excluding carboxylic acids is 1. The number of aryl methyl sites for hydroxylation is 1. The summed E-state index contributed by atoms with van der Waals surface area (Å²) >= 11 is 1.49. The summed E-state index contributed by atoms with van der Waals surface area (Å²) in [6.07, 6.45) is 0. The standard InChI is InChI=1S/C13H17N3OS/c1-9(12(17)15(2)3)18-13-14-10-7-5-6-8-11(10)16(13)4/h5-9H,1-4H3. The van der Waals surface area contributed by atoms with Crippen LogP contribution in [0.2, 0.25) is 0 Å². The molecule has 0 saturated heterocycles. The van der Waals surface area contributed by atoms with E-state index in [1.807, 2.05) is 42.8 Å². The van der Waals surface area contributed by atoms with Gasteiger partial charge in [-0.1, -0.05) is 23.9 Å². The number of benzene rings is 1. The lowest BCUT2D eigenvalue weighted by molar-refractivity contribution is -0.127. The van der Waals surface area contributed by atoms with Gasteiger partial charge in [-0.2, -0.15) is 0 Å². The molecule has 5 heteroatoms. The first-order valence-electron chi connectivity index (χ1n) is 5.80. The summed E-state index contributed by atoms with van der Waals surface area (Å²) in [5.41, 5.74) is 2.05. The maximum atomic E-state index is 11.8. The Balaban J connectivity index is 2.27. The number of imidazole rings is 1. The number of carbonyl (C=O) groups is 1. The second-order valence-electron chi connectivity index (χ2n) is 4.43. The first kappa shape index (κ1) is 13.0. The predicted octanol–water partition coefficient (Wildman–Crippen LogP) is 2.14. The van der Waals surface area contributed by atoms with E-state index in [9.17, 15) is 4.79 Å². The van der Waals surface area contributed by atoms with Crippen molar-refractivity contribution in [1.82, 2.24) is 14.5 Å². The van der Waals surface area contributed by atoms with Gasteiger partial charge in [0.15, 0.2) is 5.16 Å². The van der Waals surface area contributed by atoms with Crippen molar-refractivity contribution in [3.63, 3.8) is 0 Å². The Kier molecular flexibility index (Phi) is 3.61. The van der Waals surface area contributed by atoms with E-state index in [1.54, 1.807) is 19.0 Å². The number of rotatable bonds is 3. The third-order valence-electron chi connectivity index (χ3n) is 2.82. The zero-order valence-electron chi connectivity index (χ0n) is 11.0. The van der Waals surface area contributed by atoms with Gasteiger partial charge in [-0.3, -0.25) is 4.79 Å². The van der Waals surface area contributed by atoms with Gasteiger partial charge in [-0.25, -0.2) is 4.98 Å². The normalized spacial score (nSPS) is 12.7. The molecule has 0 aliphatic heterocycles. The molecule has 0 aliphatic rings. The second-order valence-corrected chi connectivity index (χ2v) is 5.74. The molecule has 1 aromatic carbocycles. The summed E-state index contributed by atoms with van der Waals surface area (Å²) in [6, 6.07) is 7.98. The molecule has 0 fully saturated rings. The SMILES string of the molecule is CC(Sc1nc2ccccc2n1C)C(=O)N(C)C. The van der Waals surface area contributed by atoms with E-state index in [2.05, 4.69) is 4.98 Å². The fourth-order valence-electron chi connectivity index (χ4n) is 1.80. The van der Waals surface area contributed by atoms with Crippen molar-refractivity contribution >= 4 is 28.7 Å². The summed E-state index contributed by atoms with van der Waals surface area (Å²) in [7, 11) is 5.52. The molecule has 0 radical (unpaired) electrons. The van der Waals surface area contributed by atoms with Crippen molar-refractivity contribution in [3.8, 4) is 0 Å². The molecular weight excluding hydrogens is 246 g/mol. The minimum absolute atomic E-state index is 0.104. The molecule has 18 heavy (non-hydrogen) atoms. The highest BCUT2D eigenvalue weighted by Gasteiger charge is 2.19. The number of para-hydroxylation sites is 2. The molecule has 1 heterocycles. The molecule has 1 atom stereocenters. The van der Waals surface area contributed by atoms with Gasteiger partial charge in [0.2, 0.25) is 5.91 Å². The van der Waals surface area contributed by atoms with Gasteiger partial charge in [-0.05, 0) is 19.1 Å². The third-order valence-corrected chi connectivity index (χ3v) is 3.95. The number of hydrogen-bond donors (Lipinski definition) is 0. The van der Waals surface area contributed by atoms with Crippen molar-refractivity contribution < 1.29 is 4.79 Å². The molecule has 0 spiro atoms. The number of thioether (sulfide) groups is 1. The van der Waals surface area contributed by atoms with Crippen LogP contribution in [-0.2, 0) is 11.8 Å². The average molecular weight is 263 g/mol. The van der Waals surface area contributed by atoms with Crippen LogP contribution in [0.1, 0.15) is 6.92 Å². The molecule has 1 amide bonds. The molecule has 96 valence electrons. The number of aromatic nitrogens is 2. The summed E-state index contributed by atoms with van der Waals surface area (Å²) in [5, 5.41) is 0.745. The van der Waals surface area contributed by atoms with E-state index in [0.717, 1.165) is 16.2 Å². The molecule has 1 aromatic heterocycles. The lowest BCUT2D eigenvalue weighted by atomic mass is 10.3. The van der Waals surface area contributed by atoms with Crippen LogP contribution >= 0.6 is 11.8 Å². The van der Waals surface area contributed by atoms with Crippen molar-refractivity contribution in [2.24, 2.45) is 7.05 Å². The monoisotopic (exact) mass is 263 g/mol. The van der Waals surface area contributed by atoms with Crippen LogP contribution in [0, 0.1) is 0 Å². The third kappa shape index (κ3) is 2.36. The molecule has 2 rings (SSSR count). The first-order valence-corrected chi connectivity index (χ1v) is 6.68. The quantitative estimate of drug-likeness (QED) is 0.796. The van der Waals surface area contributed by atoms with Crippen LogP contribution < -0.4 is 0 Å². The topological polar surface area (TPSA) is 38.1 Å². The smallest absolute Gasteiger partial charge is 0.235 e. The molecule has 1 unspecified atom stereocenters. The van der Waals surface area contributed by atoms with Crippen LogP contribution in [0.3, 0.4) is 0 Å². The van der Waals surface area contributed by atoms with Gasteiger partial charge in [0.05, 0.1) is 16.3 Å². The van der Waals surface area contributed by atoms with Gasteiger partial charge < -0.3 is 9.47 Å². The molecular formula is C13H17N3OS. The molecule has 2 aromatic rings. The second kappa shape index (κ2) is 5.02. The van der Waals surface area contributed by atoms with Crippen molar-refractivity contribution in [1.29, 1.82) is 0 Å². The van der Waals surface area contributed by atoms with Crippen LogP contribution in [0.5, 0.6) is 0 Å². The van der Waals surface area contributed by atoms with Gasteiger partial charge in [0.1, 0.15) is 0 Å². The highest BCUT2D eigenvalue weighted by molar-refractivity contribution is 8.00. The zero-order valence-corrected chi connectivity index (χ0v) is 11.9.